The number of ether oxygens (including phenoxy) is 5. The van der Waals surface area contributed by atoms with E-state index < -0.39 is 6.16 Å². The molecule has 0 amide bonds. The first-order valence-electron chi connectivity index (χ1n) is 7.72. The molecule has 0 aliphatic carbocycles. The van der Waals surface area contributed by atoms with E-state index in [2.05, 4.69) is 13.8 Å². The van der Waals surface area contributed by atoms with Crippen LogP contribution in [0.15, 0.2) is 0 Å². The molecule has 6 nitrogen and oxygen atoms in total. The van der Waals surface area contributed by atoms with Gasteiger partial charge in [-0.3, -0.25) is 0 Å². The van der Waals surface area contributed by atoms with Crippen LogP contribution in [0, 0.1) is 0 Å². The molecule has 126 valence electrons. The van der Waals surface area contributed by atoms with Crippen molar-refractivity contribution in [1.29, 1.82) is 0 Å². The van der Waals surface area contributed by atoms with Gasteiger partial charge >= 0.3 is 6.16 Å². The molecule has 6 heteroatoms. The first kappa shape index (κ1) is 20.1. The lowest BCUT2D eigenvalue weighted by atomic mass is 10.3. The van der Waals surface area contributed by atoms with Gasteiger partial charge in [-0.15, -0.1) is 0 Å². The highest BCUT2D eigenvalue weighted by Gasteiger charge is 2.07. The van der Waals surface area contributed by atoms with Gasteiger partial charge in [-0.1, -0.05) is 20.3 Å². The number of hydrogen-bond acceptors (Lipinski definition) is 6. The Morgan fingerprint density at radius 1 is 0.952 bits per heavy atom. The second-order valence-corrected chi connectivity index (χ2v) is 4.62. The summed E-state index contributed by atoms with van der Waals surface area (Å²) in [6.07, 6.45) is 3.28. The zero-order valence-electron chi connectivity index (χ0n) is 13.6. The summed E-state index contributed by atoms with van der Waals surface area (Å²) < 4.78 is 25.6. The van der Waals surface area contributed by atoms with Crippen molar-refractivity contribution in [3.63, 3.8) is 0 Å². The minimum absolute atomic E-state index is 0.150. The SMILES string of the molecule is CCCCOC(CC)COCCCOC(=O)OCCOC. The maximum atomic E-state index is 11.1. The smallest absolute Gasteiger partial charge is 0.434 e. The second kappa shape index (κ2) is 15.5. The zero-order chi connectivity index (χ0) is 15.8. The number of hydrogen-bond donors (Lipinski definition) is 0. The van der Waals surface area contributed by atoms with Gasteiger partial charge in [0.1, 0.15) is 6.61 Å². The topological polar surface area (TPSA) is 63.2 Å². The molecule has 1 unspecified atom stereocenters. The van der Waals surface area contributed by atoms with E-state index in [0.717, 1.165) is 25.9 Å². The molecule has 21 heavy (non-hydrogen) atoms. The largest absolute Gasteiger partial charge is 0.508 e. The molecular formula is C15H30O6. The number of unbranched alkanes of at least 4 members (excludes halogenated alkanes) is 1. The highest BCUT2D eigenvalue weighted by atomic mass is 16.7. The summed E-state index contributed by atoms with van der Waals surface area (Å²) in [4.78, 5) is 11.1. The third-order valence-electron chi connectivity index (χ3n) is 2.77. The Hall–Kier alpha value is -0.850. The number of rotatable bonds is 14. The third kappa shape index (κ3) is 13.9. The van der Waals surface area contributed by atoms with Crippen molar-refractivity contribution >= 4 is 6.16 Å². The van der Waals surface area contributed by atoms with E-state index in [1.54, 1.807) is 7.11 Å². The van der Waals surface area contributed by atoms with Gasteiger partial charge in [0, 0.05) is 26.7 Å². The molecule has 0 saturated heterocycles. The van der Waals surface area contributed by atoms with E-state index >= 15 is 0 Å². The van der Waals surface area contributed by atoms with Crippen LogP contribution in [0.5, 0.6) is 0 Å². The van der Waals surface area contributed by atoms with Crippen LogP contribution in [0.1, 0.15) is 39.5 Å². The number of methoxy groups -OCH3 is 1. The Bertz CT molecular complexity index is 234. The summed E-state index contributed by atoms with van der Waals surface area (Å²) in [5, 5.41) is 0. The van der Waals surface area contributed by atoms with Crippen LogP contribution in [-0.2, 0) is 23.7 Å². The van der Waals surface area contributed by atoms with Gasteiger partial charge in [0.25, 0.3) is 0 Å². The molecule has 0 aromatic rings. The highest BCUT2D eigenvalue weighted by molar-refractivity contribution is 5.59. The van der Waals surface area contributed by atoms with Crippen LogP contribution in [0.3, 0.4) is 0 Å². The quantitative estimate of drug-likeness (QED) is 0.363. The highest BCUT2D eigenvalue weighted by Crippen LogP contribution is 2.01. The Kier molecular flexibility index (Phi) is 14.9. The first-order chi connectivity index (χ1) is 10.2. The van der Waals surface area contributed by atoms with Crippen molar-refractivity contribution in [1.82, 2.24) is 0 Å². The number of carbonyl (C=O) groups excluding carboxylic acids is 1. The molecule has 0 aliphatic rings. The van der Waals surface area contributed by atoms with Crippen molar-refractivity contribution in [3.8, 4) is 0 Å². The van der Waals surface area contributed by atoms with Crippen LogP contribution < -0.4 is 0 Å². The molecule has 0 aliphatic heterocycles. The summed E-state index contributed by atoms with van der Waals surface area (Å²) in [5.74, 6) is 0. The maximum absolute atomic E-state index is 11.1. The molecule has 0 aromatic heterocycles. The van der Waals surface area contributed by atoms with E-state index in [4.69, 9.17) is 23.7 Å². The van der Waals surface area contributed by atoms with E-state index in [9.17, 15) is 4.79 Å². The Morgan fingerprint density at radius 2 is 1.71 bits per heavy atom. The average Bonchev–Trinajstić information content (AvgIpc) is 2.49. The Morgan fingerprint density at radius 3 is 2.38 bits per heavy atom. The van der Waals surface area contributed by atoms with Gasteiger partial charge < -0.3 is 23.7 Å². The lowest BCUT2D eigenvalue weighted by Crippen LogP contribution is -2.20. The molecule has 1 atom stereocenters. The molecule has 0 fully saturated rings. The van der Waals surface area contributed by atoms with Gasteiger partial charge in [0.15, 0.2) is 0 Å². The van der Waals surface area contributed by atoms with Crippen molar-refractivity contribution in [3.05, 3.63) is 0 Å². The van der Waals surface area contributed by atoms with E-state index in [0.29, 0.717) is 32.8 Å². The fraction of sp³-hybridized carbons (Fsp3) is 0.933. The maximum Gasteiger partial charge on any atom is 0.508 e. The van der Waals surface area contributed by atoms with Gasteiger partial charge in [-0.2, -0.15) is 0 Å². The summed E-state index contributed by atoms with van der Waals surface area (Å²) in [5.41, 5.74) is 0. The van der Waals surface area contributed by atoms with Gasteiger partial charge in [0.05, 0.1) is 25.9 Å². The van der Waals surface area contributed by atoms with E-state index in [1.165, 1.54) is 0 Å². The predicted molar refractivity (Wildman–Crippen MR) is 79.6 cm³/mol. The summed E-state index contributed by atoms with van der Waals surface area (Å²) in [6, 6.07) is 0. The molecule has 0 radical (unpaired) electrons. The number of carbonyl (C=O) groups is 1. The first-order valence-corrected chi connectivity index (χ1v) is 7.72. The van der Waals surface area contributed by atoms with Crippen molar-refractivity contribution < 1.29 is 28.5 Å². The minimum atomic E-state index is -0.665. The second-order valence-electron chi connectivity index (χ2n) is 4.62. The Balaban J connectivity index is 3.38. The fourth-order valence-electron chi connectivity index (χ4n) is 1.46. The summed E-state index contributed by atoms with van der Waals surface area (Å²) in [7, 11) is 1.54. The normalized spacial score (nSPS) is 12.1. The third-order valence-corrected chi connectivity index (χ3v) is 2.77. The van der Waals surface area contributed by atoms with Crippen molar-refractivity contribution in [2.75, 3.05) is 46.8 Å². The summed E-state index contributed by atoms with van der Waals surface area (Å²) >= 11 is 0. The van der Waals surface area contributed by atoms with Gasteiger partial charge in [-0.25, -0.2) is 4.79 Å². The predicted octanol–water partition coefficient (Wildman–Crippen LogP) is 2.79. The average molecular weight is 306 g/mol. The Labute approximate surface area is 128 Å². The van der Waals surface area contributed by atoms with Crippen LogP contribution >= 0.6 is 0 Å². The van der Waals surface area contributed by atoms with Crippen molar-refractivity contribution in [2.24, 2.45) is 0 Å². The molecule has 0 saturated carbocycles. The molecular weight excluding hydrogens is 276 g/mol. The minimum Gasteiger partial charge on any atom is -0.434 e. The van der Waals surface area contributed by atoms with E-state index in [-0.39, 0.29) is 12.7 Å². The van der Waals surface area contributed by atoms with Crippen LogP contribution in [0.25, 0.3) is 0 Å². The lowest BCUT2D eigenvalue weighted by Gasteiger charge is -2.16. The van der Waals surface area contributed by atoms with Crippen molar-refractivity contribution in [2.45, 2.75) is 45.6 Å². The summed E-state index contributed by atoms with van der Waals surface area (Å²) in [6.45, 7) is 7.00. The molecule has 0 bridgehead atoms. The van der Waals surface area contributed by atoms with Crippen LogP contribution in [0.4, 0.5) is 4.79 Å². The molecule has 0 spiro atoms. The van der Waals surface area contributed by atoms with Gasteiger partial charge in [-0.05, 0) is 12.8 Å². The van der Waals surface area contributed by atoms with Gasteiger partial charge in [0.2, 0.25) is 0 Å². The molecule has 0 aromatic carbocycles. The molecule has 0 heterocycles. The fourth-order valence-corrected chi connectivity index (χ4v) is 1.46. The van der Waals surface area contributed by atoms with E-state index in [1.807, 2.05) is 0 Å². The monoisotopic (exact) mass is 306 g/mol. The van der Waals surface area contributed by atoms with Crippen LogP contribution in [0.2, 0.25) is 0 Å². The zero-order valence-corrected chi connectivity index (χ0v) is 13.6. The molecule has 0 N–H and O–H groups in total. The molecule has 0 rings (SSSR count). The lowest BCUT2D eigenvalue weighted by molar-refractivity contribution is -0.0234. The standard InChI is InChI=1S/C15H30O6/c1-4-6-9-19-14(5-2)13-18-8-7-10-20-15(16)21-12-11-17-3/h14H,4-13H2,1-3H3. The van der Waals surface area contributed by atoms with Crippen LogP contribution in [-0.4, -0.2) is 59.0 Å².